The van der Waals surface area contributed by atoms with E-state index in [0.717, 1.165) is 12.8 Å². The number of benzene rings is 1. The molecule has 92 valence electrons. The molecule has 3 nitrogen and oxygen atoms in total. The van der Waals surface area contributed by atoms with Crippen molar-refractivity contribution in [1.29, 1.82) is 0 Å². The van der Waals surface area contributed by atoms with Crippen LogP contribution in [-0.4, -0.2) is 29.0 Å². The minimum absolute atomic E-state index is 0.00996. The highest BCUT2D eigenvalue weighted by Crippen LogP contribution is 2.27. The predicted octanol–water partition coefficient (Wildman–Crippen LogP) is 3.06. The Balaban J connectivity index is 2.20. The van der Waals surface area contributed by atoms with E-state index in [9.17, 15) is 9.90 Å². The largest absolute Gasteiger partial charge is 0.507 e. The van der Waals surface area contributed by atoms with Gasteiger partial charge in [-0.15, -0.1) is 0 Å². The van der Waals surface area contributed by atoms with E-state index in [1.807, 2.05) is 0 Å². The van der Waals surface area contributed by atoms with Crippen LogP contribution in [0.1, 0.15) is 36.0 Å². The molecule has 17 heavy (non-hydrogen) atoms. The standard InChI is InChI=1S/C13H16ClNO2/c1-15(10-4-2-3-5-10)13(17)11-8-9(14)6-7-12(11)16/h6-8,10,16H,2-5H2,1H3. The number of halogens is 1. The average Bonchev–Trinajstić information content (AvgIpc) is 2.84. The zero-order valence-electron chi connectivity index (χ0n) is 9.82. The van der Waals surface area contributed by atoms with E-state index < -0.39 is 0 Å². The molecular formula is C13H16ClNO2. The Morgan fingerprint density at radius 3 is 2.71 bits per heavy atom. The van der Waals surface area contributed by atoms with Crippen LogP contribution in [0.3, 0.4) is 0 Å². The molecule has 1 fully saturated rings. The molecule has 0 bridgehead atoms. The number of carbonyl (C=O) groups is 1. The van der Waals surface area contributed by atoms with Crippen molar-refractivity contribution in [3.05, 3.63) is 28.8 Å². The molecule has 0 radical (unpaired) electrons. The molecule has 1 aromatic carbocycles. The molecule has 2 rings (SSSR count). The average molecular weight is 254 g/mol. The maximum Gasteiger partial charge on any atom is 0.257 e. The summed E-state index contributed by atoms with van der Waals surface area (Å²) in [6.07, 6.45) is 4.43. The summed E-state index contributed by atoms with van der Waals surface area (Å²) in [7, 11) is 1.79. The molecule has 0 aliphatic heterocycles. The number of hydrogen-bond donors (Lipinski definition) is 1. The summed E-state index contributed by atoms with van der Waals surface area (Å²) < 4.78 is 0. The van der Waals surface area contributed by atoms with Crippen LogP contribution in [0, 0.1) is 0 Å². The zero-order valence-corrected chi connectivity index (χ0v) is 10.6. The van der Waals surface area contributed by atoms with E-state index in [2.05, 4.69) is 0 Å². The zero-order chi connectivity index (χ0) is 12.4. The maximum atomic E-state index is 12.2. The lowest BCUT2D eigenvalue weighted by Gasteiger charge is -2.24. The van der Waals surface area contributed by atoms with E-state index in [0.29, 0.717) is 11.1 Å². The third-order valence-electron chi connectivity index (χ3n) is 3.38. The van der Waals surface area contributed by atoms with Crippen LogP contribution in [0.2, 0.25) is 5.02 Å². The summed E-state index contributed by atoms with van der Waals surface area (Å²) in [5.74, 6) is -0.166. The van der Waals surface area contributed by atoms with Crippen molar-refractivity contribution in [3.63, 3.8) is 0 Å². The van der Waals surface area contributed by atoms with Gasteiger partial charge in [0.2, 0.25) is 0 Å². The van der Waals surface area contributed by atoms with Gasteiger partial charge in [-0.1, -0.05) is 24.4 Å². The Hall–Kier alpha value is -1.22. The van der Waals surface area contributed by atoms with Gasteiger partial charge >= 0.3 is 0 Å². The van der Waals surface area contributed by atoms with Gasteiger partial charge in [0.05, 0.1) is 5.56 Å². The molecular weight excluding hydrogens is 238 g/mol. The number of hydrogen-bond acceptors (Lipinski definition) is 2. The summed E-state index contributed by atoms with van der Waals surface area (Å²) >= 11 is 5.84. The van der Waals surface area contributed by atoms with E-state index in [1.54, 1.807) is 18.0 Å². The first-order valence-electron chi connectivity index (χ1n) is 5.85. The fourth-order valence-electron chi connectivity index (χ4n) is 2.33. The van der Waals surface area contributed by atoms with Crippen molar-refractivity contribution in [2.24, 2.45) is 0 Å². The Bertz CT molecular complexity index is 427. The third-order valence-corrected chi connectivity index (χ3v) is 3.62. The van der Waals surface area contributed by atoms with Crippen LogP contribution in [0.15, 0.2) is 18.2 Å². The topological polar surface area (TPSA) is 40.5 Å². The Morgan fingerprint density at radius 2 is 2.06 bits per heavy atom. The number of nitrogens with zero attached hydrogens (tertiary/aromatic N) is 1. The Morgan fingerprint density at radius 1 is 1.41 bits per heavy atom. The Labute approximate surface area is 106 Å². The fourth-order valence-corrected chi connectivity index (χ4v) is 2.50. The van der Waals surface area contributed by atoms with E-state index >= 15 is 0 Å². The summed E-state index contributed by atoms with van der Waals surface area (Å²) in [4.78, 5) is 13.9. The lowest BCUT2D eigenvalue weighted by molar-refractivity contribution is 0.0732. The molecule has 1 aromatic rings. The molecule has 1 aliphatic carbocycles. The van der Waals surface area contributed by atoms with Crippen molar-refractivity contribution in [2.45, 2.75) is 31.7 Å². The second kappa shape index (κ2) is 4.96. The van der Waals surface area contributed by atoms with Crippen molar-refractivity contribution in [3.8, 4) is 5.75 Å². The predicted molar refractivity (Wildman–Crippen MR) is 67.5 cm³/mol. The van der Waals surface area contributed by atoms with Gasteiger partial charge in [0.1, 0.15) is 5.75 Å². The number of rotatable bonds is 2. The van der Waals surface area contributed by atoms with Crippen LogP contribution in [0.5, 0.6) is 5.75 Å². The molecule has 0 atom stereocenters. The van der Waals surface area contributed by atoms with Gasteiger partial charge in [0.15, 0.2) is 0 Å². The molecule has 1 amide bonds. The fraction of sp³-hybridized carbons (Fsp3) is 0.462. The molecule has 4 heteroatoms. The molecule has 1 aliphatic rings. The lowest BCUT2D eigenvalue weighted by Crippen LogP contribution is -2.35. The van der Waals surface area contributed by atoms with E-state index in [4.69, 9.17) is 11.6 Å². The molecule has 0 spiro atoms. The minimum atomic E-state index is -0.156. The quantitative estimate of drug-likeness (QED) is 0.880. The van der Waals surface area contributed by atoms with Crippen molar-refractivity contribution in [2.75, 3.05) is 7.05 Å². The van der Waals surface area contributed by atoms with Crippen LogP contribution in [0.4, 0.5) is 0 Å². The summed E-state index contributed by atoms with van der Waals surface area (Å²) in [5, 5.41) is 10.2. The number of amides is 1. The van der Waals surface area contributed by atoms with Crippen molar-refractivity contribution in [1.82, 2.24) is 4.90 Å². The van der Waals surface area contributed by atoms with Crippen LogP contribution >= 0.6 is 11.6 Å². The van der Waals surface area contributed by atoms with Gasteiger partial charge in [0.25, 0.3) is 5.91 Å². The number of aromatic hydroxyl groups is 1. The van der Waals surface area contributed by atoms with E-state index in [-0.39, 0.29) is 17.2 Å². The third kappa shape index (κ3) is 2.55. The number of phenols is 1. The monoisotopic (exact) mass is 253 g/mol. The molecule has 1 N–H and O–H groups in total. The van der Waals surface area contributed by atoms with Crippen molar-refractivity contribution < 1.29 is 9.90 Å². The molecule has 1 saturated carbocycles. The second-order valence-corrected chi connectivity index (χ2v) is 4.95. The molecule has 0 saturated heterocycles. The molecule has 0 heterocycles. The van der Waals surface area contributed by atoms with Gasteiger partial charge in [-0.3, -0.25) is 4.79 Å². The normalized spacial score (nSPS) is 16.1. The van der Waals surface area contributed by atoms with Gasteiger partial charge in [-0.2, -0.15) is 0 Å². The van der Waals surface area contributed by atoms with Gasteiger partial charge < -0.3 is 10.0 Å². The van der Waals surface area contributed by atoms with E-state index in [1.165, 1.54) is 25.0 Å². The van der Waals surface area contributed by atoms with Crippen molar-refractivity contribution >= 4 is 17.5 Å². The SMILES string of the molecule is CN(C(=O)c1cc(Cl)ccc1O)C1CCCC1. The van der Waals surface area contributed by atoms with Crippen LogP contribution in [-0.2, 0) is 0 Å². The Kier molecular flexibility index (Phi) is 3.57. The molecule has 0 unspecified atom stereocenters. The van der Waals surface area contributed by atoms with Crippen LogP contribution < -0.4 is 0 Å². The lowest BCUT2D eigenvalue weighted by atomic mass is 10.1. The highest BCUT2D eigenvalue weighted by molar-refractivity contribution is 6.31. The minimum Gasteiger partial charge on any atom is -0.507 e. The second-order valence-electron chi connectivity index (χ2n) is 4.52. The van der Waals surface area contributed by atoms with Gasteiger partial charge in [-0.25, -0.2) is 0 Å². The summed E-state index contributed by atoms with van der Waals surface area (Å²) in [6, 6.07) is 4.84. The number of phenolic OH excluding ortho intramolecular Hbond substituents is 1. The first-order chi connectivity index (χ1) is 8.09. The highest BCUT2D eigenvalue weighted by atomic mass is 35.5. The maximum absolute atomic E-state index is 12.2. The summed E-state index contributed by atoms with van der Waals surface area (Å²) in [6.45, 7) is 0. The first-order valence-corrected chi connectivity index (χ1v) is 6.23. The van der Waals surface area contributed by atoms with Gasteiger partial charge in [-0.05, 0) is 31.0 Å². The highest BCUT2D eigenvalue weighted by Gasteiger charge is 2.25. The summed E-state index contributed by atoms with van der Waals surface area (Å²) in [5.41, 5.74) is 0.284. The molecule has 0 aromatic heterocycles. The number of carbonyl (C=O) groups excluding carboxylic acids is 1. The smallest absolute Gasteiger partial charge is 0.257 e. The van der Waals surface area contributed by atoms with Crippen LogP contribution in [0.25, 0.3) is 0 Å². The van der Waals surface area contributed by atoms with Gasteiger partial charge in [0, 0.05) is 18.1 Å². The first kappa shape index (κ1) is 12.2.